The summed E-state index contributed by atoms with van der Waals surface area (Å²) in [7, 11) is 0. The third-order valence-electron chi connectivity index (χ3n) is 8.35. The van der Waals surface area contributed by atoms with E-state index in [0.717, 1.165) is 32.4 Å². The summed E-state index contributed by atoms with van der Waals surface area (Å²) in [5.41, 5.74) is 5.76. The number of aliphatic hydroxyl groups excluding tert-OH is 1. The van der Waals surface area contributed by atoms with Crippen LogP contribution < -0.4 is 5.32 Å². The molecule has 0 radical (unpaired) electrons. The molecule has 0 saturated carbocycles. The fourth-order valence-electron chi connectivity index (χ4n) is 6.30. The lowest BCUT2D eigenvalue weighted by Gasteiger charge is -2.44. The zero-order valence-electron chi connectivity index (χ0n) is 21.2. The Morgan fingerprint density at radius 1 is 0.694 bits per heavy atom. The van der Waals surface area contributed by atoms with Crippen molar-refractivity contribution in [2.45, 2.75) is 49.5 Å². The van der Waals surface area contributed by atoms with Crippen LogP contribution in [0.2, 0.25) is 0 Å². The van der Waals surface area contributed by atoms with Crippen molar-refractivity contribution in [1.29, 1.82) is 0 Å². The number of aliphatic hydroxyl groups is 1. The van der Waals surface area contributed by atoms with E-state index < -0.39 is 6.10 Å². The summed E-state index contributed by atoms with van der Waals surface area (Å²) >= 11 is 0. The smallest absolute Gasteiger partial charge is 0.0638 e. The van der Waals surface area contributed by atoms with E-state index in [4.69, 9.17) is 0 Å². The highest BCUT2D eigenvalue weighted by molar-refractivity contribution is 5.50. The Kier molecular flexibility index (Phi) is 7.36. The molecule has 1 heterocycles. The van der Waals surface area contributed by atoms with Crippen LogP contribution in [-0.4, -0.2) is 24.3 Å². The number of hydrogen-bond acceptors (Lipinski definition) is 2. The van der Waals surface area contributed by atoms with Gasteiger partial charge in [0.15, 0.2) is 0 Å². The molecule has 0 bridgehead atoms. The van der Waals surface area contributed by atoms with Gasteiger partial charge in [0.1, 0.15) is 0 Å². The SMILES string of the molecule is Cc1ccc(C2(C(O)CCC(c3ccccc3)(c3ccccc3)c3ccccc3)CCNCC2)cc1. The van der Waals surface area contributed by atoms with Crippen LogP contribution in [0.25, 0.3) is 0 Å². The number of hydrogen-bond donors (Lipinski definition) is 2. The second kappa shape index (κ2) is 10.8. The zero-order valence-corrected chi connectivity index (χ0v) is 21.2. The lowest BCUT2D eigenvalue weighted by atomic mass is 9.63. The van der Waals surface area contributed by atoms with Crippen molar-refractivity contribution in [3.8, 4) is 0 Å². The van der Waals surface area contributed by atoms with Gasteiger partial charge >= 0.3 is 0 Å². The van der Waals surface area contributed by atoms with E-state index in [1.165, 1.54) is 27.8 Å². The van der Waals surface area contributed by atoms with Crippen LogP contribution in [0.4, 0.5) is 0 Å². The molecule has 4 aromatic rings. The molecule has 4 aromatic carbocycles. The standard InChI is InChI=1S/C34H37NO/c1-27-17-19-28(20-18-27)33(23-25-35-26-24-33)32(36)21-22-34(29-11-5-2-6-12-29,30-13-7-3-8-14-30)31-15-9-4-10-16-31/h2-20,32,35-36H,21-26H2,1H3. The minimum atomic E-state index is -0.433. The Morgan fingerprint density at radius 2 is 1.14 bits per heavy atom. The van der Waals surface area contributed by atoms with Crippen molar-refractivity contribution >= 4 is 0 Å². The van der Waals surface area contributed by atoms with Crippen LogP contribution in [0.3, 0.4) is 0 Å². The molecule has 184 valence electrons. The van der Waals surface area contributed by atoms with E-state index in [9.17, 15) is 5.11 Å². The maximum absolute atomic E-state index is 12.0. The summed E-state index contributed by atoms with van der Waals surface area (Å²) < 4.78 is 0. The third kappa shape index (κ3) is 4.64. The first kappa shape index (κ1) is 24.5. The van der Waals surface area contributed by atoms with Crippen molar-refractivity contribution in [2.75, 3.05) is 13.1 Å². The van der Waals surface area contributed by atoms with E-state index >= 15 is 0 Å². The van der Waals surface area contributed by atoms with E-state index in [2.05, 4.69) is 128 Å². The molecule has 1 aliphatic heterocycles. The lowest BCUT2D eigenvalue weighted by Crippen LogP contribution is -2.48. The molecule has 1 aliphatic rings. The van der Waals surface area contributed by atoms with Crippen molar-refractivity contribution in [3.63, 3.8) is 0 Å². The van der Waals surface area contributed by atoms with Crippen LogP contribution in [0, 0.1) is 6.92 Å². The van der Waals surface area contributed by atoms with Gasteiger partial charge in [0.05, 0.1) is 6.10 Å². The van der Waals surface area contributed by atoms with Crippen molar-refractivity contribution in [2.24, 2.45) is 0 Å². The quantitative estimate of drug-likeness (QED) is 0.275. The highest BCUT2D eigenvalue weighted by Crippen LogP contribution is 2.46. The molecule has 36 heavy (non-hydrogen) atoms. The summed E-state index contributed by atoms with van der Waals surface area (Å²) in [4.78, 5) is 0. The van der Waals surface area contributed by atoms with E-state index in [0.29, 0.717) is 6.42 Å². The largest absolute Gasteiger partial charge is 0.392 e. The number of benzene rings is 4. The minimum Gasteiger partial charge on any atom is -0.392 e. The van der Waals surface area contributed by atoms with Crippen LogP contribution in [0.15, 0.2) is 115 Å². The second-order valence-electron chi connectivity index (χ2n) is 10.3. The van der Waals surface area contributed by atoms with Crippen LogP contribution in [0.5, 0.6) is 0 Å². The lowest BCUT2D eigenvalue weighted by molar-refractivity contribution is 0.0467. The Balaban J connectivity index is 1.57. The molecule has 0 spiro atoms. The van der Waals surface area contributed by atoms with Gasteiger partial charge in [-0.1, -0.05) is 121 Å². The maximum Gasteiger partial charge on any atom is 0.0638 e. The van der Waals surface area contributed by atoms with Gasteiger partial charge in [0.25, 0.3) is 0 Å². The molecular formula is C34H37NO. The van der Waals surface area contributed by atoms with Crippen LogP contribution >= 0.6 is 0 Å². The molecule has 0 amide bonds. The molecule has 2 nitrogen and oxygen atoms in total. The highest BCUT2D eigenvalue weighted by atomic mass is 16.3. The summed E-state index contributed by atoms with van der Waals surface area (Å²) in [5, 5.41) is 15.5. The maximum atomic E-state index is 12.0. The Hall–Kier alpha value is -3.20. The van der Waals surface area contributed by atoms with Crippen molar-refractivity contribution < 1.29 is 5.11 Å². The van der Waals surface area contributed by atoms with Gasteiger partial charge in [-0.25, -0.2) is 0 Å². The summed E-state index contributed by atoms with van der Waals surface area (Å²) in [6.45, 7) is 4.00. The molecule has 0 aliphatic carbocycles. The molecule has 1 saturated heterocycles. The number of nitrogens with one attached hydrogen (secondary N) is 1. The first-order valence-electron chi connectivity index (χ1n) is 13.3. The van der Waals surface area contributed by atoms with E-state index in [1.807, 2.05) is 0 Å². The molecule has 1 unspecified atom stereocenters. The van der Waals surface area contributed by atoms with Crippen molar-refractivity contribution in [3.05, 3.63) is 143 Å². The van der Waals surface area contributed by atoms with Gasteiger partial charge in [0, 0.05) is 10.8 Å². The molecule has 1 atom stereocenters. The number of rotatable bonds is 8. The summed E-state index contributed by atoms with van der Waals surface area (Å²) in [6, 6.07) is 41.4. The number of aryl methyl sites for hydroxylation is 1. The zero-order chi connectivity index (χ0) is 24.8. The van der Waals surface area contributed by atoms with Crippen LogP contribution in [-0.2, 0) is 10.8 Å². The van der Waals surface area contributed by atoms with E-state index in [-0.39, 0.29) is 10.8 Å². The highest BCUT2D eigenvalue weighted by Gasteiger charge is 2.43. The van der Waals surface area contributed by atoms with Gasteiger partial charge in [-0.05, 0) is 68.0 Å². The van der Waals surface area contributed by atoms with Gasteiger partial charge in [-0.3, -0.25) is 0 Å². The average Bonchev–Trinajstić information content (AvgIpc) is 2.96. The molecule has 2 heteroatoms. The third-order valence-corrected chi connectivity index (χ3v) is 8.35. The Morgan fingerprint density at radius 3 is 1.58 bits per heavy atom. The molecule has 0 aromatic heterocycles. The second-order valence-corrected chi connectivity index (χ2v) is 10.3. The normalized spacial score (nSPS) is 16.4. The predicted octanol–water partition coefficient (Wildman–Crippen LogP) is 6.79. The van der Waals surface area contributed by atoms with E-state index in [1.54, 1.807) is 0 Å². The molecule has 5 rings (SSSR count). The Labute approximate surface area is 216 Å². The Bertz CT molecular complexity index is 1120. The van der Waals surface area contributed by atoms with Crippen LogP contribution in [0.1, 0.15) is 53.5 Å². The monoisotopic (exact) mass is 475 g/mol. The summed E-state index contributed by atoms with van der Waals surface area (Å²) in [5.74, 6) is 0. The fraction of sp³-hybridized carbons (Fsp3) is 0.294. The van der Waals surface area contributed by atoms with Gasteiger partial charge in [-0.15, -0.1) is 0 Å². The first-order valence-corrected chi connectivity index (χ1v) is 13.3. The molecule has 2 N–H and O–H groups in total. The summed E-state index contributed by atoms with van der Waals surface area (Å²) in [6.07, 6.45) is 3.01. The fourth-order valence-corrected chi connectivity index (χ4v) is 6.30. The first-order chi connectivity index (χ1) is 17.6. The van der Waals surface area contributed by atoms with Crippen molar-refractivity contribution in [1.82, 2.24) is 5.32 Å². The van der Waals surface area contributed by atoms with Gasteiger partial charge < -0.3 is 10.4 Å². The molecular weight excluding hydrogens is 438 g/mol. The predicted molar refractivity (Wildman–Crippen MR) is 149 cm³/mol. The molecule has 1 fully saturated rings. The number of piperidine rings is 1. The van der Waals surface area contributed by atoms with Gasteiger partial charge in [-0.2, -0.15) is 0 Å². The van der Waals surface area contributed by atoms with Gasteiger partial charge in [0.2, 0.25) is 0 Å². The average molecular weight is 476 g/mol. The topological polar surface area (TPSA) is 32.3 Å². The minimum absolute atomic E-state index is 0.227.